The van der Waals surface area contributed by atoms with Crippen molar-refractivity contribution in [2.45, 2.75) is 35.8 Å². The fourth-order valence-corrected chi connectivity index (χ4v) is 5.83. The number of amides is 1. The van der Waals surface area contributed by atoms with Crippen LogP contribution in [0.15, 0.2) is 88.0 Å². The molecule has 9 heteroatoms. The summed E-state index contributed by atoms with van der Waals surface area (Å²) >= 11 is 2.78. The number of aryl methyl sites for hydroxylation is 2. The molecule has 1 aromatic heterocycles. The first-order valence-electron chi connectivity index (χ1n) is 10.9. The van der Waals surface area contributed by atoms with Gasteiger partial charge in [0.15, 0.2) is 5.13 Å². The van der Waals surface area contributed by atoms with Crippen molar-refractivity contribution in [2.24, 2.45) is 0 Å². The Labute approximate surface area is 213 Å². The number of nitrogens with zero attached hydrogens (tertiary/aromatic N) is 1. The van der Waals surface area contributed by atoms with Crippen LogP contribution in [0.2, 0.25) is 0 Å². The largest absolute Gasteiger partial charge is 0.301 e. The van der Waals surface area contributed by atoms with Crippen molar-refractivity contribution in [2.75, 3.05) is 10.0 Å². The van der Waals surface area contributed by atoms with Crippen LogP contribution in [0.4, 0.5) is 10.8 Å². The van der Waals surface area contributed by atoms with Crippen LogP contribution in [-0.4, -0.2) is 24.6 Å². The van der Waals surface area contributed by atoms with Crippen LogP contribution in [0.25, 0.3) is 11.3 Å². The van der Waals surface area contributed by atoms with E-state index in [1.165, 1.54) is 28.7 Å². The minimum absolute atomic E-state index is 0.149. The standard InChI is InChI=1S/C26H25N3O3S3/c1-17-4-8-20(9-5-17)24-16-33-26(27-24)28-25(30)19(3)34-22-12-10-21(11-13-22)29-35(31,32)23-14-6-18(2)7-15-23/h4-16,19,29H,1-3H3,(H,27,28,30). The predicted molar refractivity (Wildman–Crippen MR) is 145 cm³/mol. The van der Waals surface area contributed by atoms with Crippen LogP contribution in [0.1, 0.15) is 18.1 Å². The number of aromatic nitrogens is 1. The lowest BCUT2D eigenvalue weighted by molar-refractivity contribution is -0.115. The number of hydrogen-bond donors (Lipinski definition) is 2. The fourth-order valence-electron chi connectivity index (χ4n) is 3.19. The molecule has 180 valence electrons. The van der Waals surface area contributed by atoms with Gasteiger partial charge in [-0.05, 0) is 57.2 Å². The third kappa shape index (κ3) is 6.50. The molecular formula is C26H25N3O3S3. The number of anilines is 2. The second-order valence-corrected chi connectivity index (χ2v) is 12.1. The summed E-state index contributed by atoms with van der Waals surface area (Å²) < 4.78 is 27.7. The van der Waals surface area contributed by atoms with Gasteiger partial charge in [0.1, 0.15) is 0 Å². The SMILES string of the molecule is Cc1ccc(-c2csc(NC(=O)C(C)Sc3ccc(NS(=O)(=O)c4ccc(C)cc4)cc3)n2)cc1. The first-order valence-corrected chi connectivity index (χ1v) is 14.1. The smallest absolute Gasteiger partial charge is 0.261 e. The molecule has 6 nitrogen and oxygen atoms in total. The zero-order chi connectivity index (χ0) is 25.0. The van der Waals surface area contributed by atoms with Crippen LogP contribution in [-0.2, 0) is 14.8 Å². The Morgan fingerprint density at radius 3 is 2.14 bits per heavy atom. The lowest BCUT2D eigenvalue weighted by atomic mass is 10.1. The zero-order valence-electron chi connectivity index (χ0n) is 19.5. The summed E-state index contributed by atoms with van der Waals surface area (Å²) in [6, 6.07) is 21.7. The molecule has 0 fully saturated rings. The molecular weight excluding hydrogens is 499 g/mol. The molecule has 0 saturated heterocycles. The monoisotopic (exact) mass is 523 g/mol. The van der Waals surface area contributed by atoms with Gasteiger partial charge < -0.3 is 5.32 Å². The number of carbonyl (C=O) groups excluding carboxylic acids is 1. The summed E-state index contributed by atoms with van der Waals surface area (Å²) in [5.74, 6) is -0.149. The minimum atomic E-state index is -3.66. The summed E-state index contributed by atoms with van der Waals surface area (Å²) in [6.45, 7) is 5.76. The van der Waals surface area contributed by atoms with Crippen LogP contribution < -0.4 is 10.0 Å². The van der Waals surface area contributed by atoms with Gasteiger partial charge in [-0.3, -0.25) is 9.52 Å². The predicted octanol–water partition coefficient (Wildman–Crippen LogP) is 6.35. The maximum atomic E-state index is 12.7. The molecule has 0 spiro atoms. The topological polar surface area (TPSA) is 88.2 Å². The van der Waals surface area contributed by atoms with Gasteiger partial charge in [0, 0.05) is 21.5 Å². The fraction of sp³-hybridized carbons (Fsp3) is 0.154. The zero-order valence-corrected chi connectivity index (χ0v) is 21.9. The summed E-state index contributed by atoms with van der Waals surface area (Å²) in [5, 5.41) is 5.00. The molecule has 0 bridgehead atoms. The van der Waals surface area contributed by atoms with Crippen molar-refractivity contribution in [1.82, 2.24) is 4.98 Å². The highest BCUT2D eigenvalue weighted by atomic mass is 32.2. The van der Waals surface area contributed by atoms with E-state index >= 15 is 0 Å². The number of sulfonamides is 1. The molecule has 1 atom stereocenters. The van der Waals surface area contributed by atoms with E-state index in [2.05, 4.69) is 15.0 Å². The quantitative estimate of drug-likeness (QED) is 0.263. The number of nitrogens with one attached hydrogen (secondary N) is 2. The van der Waals surface area contributed by atoms with E-state index in [9.17, 15) is 13.2 Å². The molecule has 1 unspecified atom stereocenters. The number of thioether (sulfide) groups is 1. The molecule has 3 aromatic carbocycles. The van der Waals surface area contributed by atoms with Crippen molar-refractivity contribution in [1.29, 1.82) is 0 Å². The van der Waals surface area contributed by atoms with Crippen LogP contribution in [0, 0.1) is 13.8 Å². The normalized spacial score (nSPS) is 12.2. The van der Waals surface area contributed by atoms with Gasteiger partial charge in [-0.15, -0.1) is 23.1 Å². The van der Waals surface area contributed by atoms with E-state index in [1.54, 1.807) is 48.5 Å². The minimum Gasteiger partial charge on any atom is -0.301 e. The van der Waals surface area contributed by atoms with E-state index in [-0.39, 0.29) is 16.1 Å². The number of thiazole rings is 1. The van der Waals surface area contributed by atoms with E-state index in [4.69, 9.17) is 0 Å². The molecule has 0 saturated carbocycles. The van der Waals surface area contributed by atoms with Crippen molar-refractivity contribution in [3.63, 3.8) is 0 Å². The third-order valence-electron chi connectivity index (χ3n) is 5.20. The maximum absolute atomic E-state index is 12.7. The van der Waals surface area contributed by atoms with Gasteiger partial charge in [-0.2, -0.15) is 0 Å². The van der Waals surface area contributed by atoms with E-state index < -0.39 is 10.0 Å². The summed E-state index contributed by atoms with van der Waals surface area (Å²) in [7, 11) is -3.66. The summed E-state index contributed by atoms with van der Waals surface area (Å²) in [6.07, 6.45) is 0. The molecule has 2 N–H and O–H groups in total. The van der Waals surface area contributed by atoms with Gasteiger partial charge in [-0.1, -0.05) is 47.5 Å². The molecule has 0 radical (unpaired) electrons. The van der Waals surface area contributed by atoms with Gasteiger partial charge in [0.05, 0.1) is 15.8 Å². The Morgan fingerprint density at radius 1 is 0.914 bits per heavy atom. The maximum Gasteiger partial charge on any atom is 0.261 e. The van der Waals surface area contributed by atoms with Crippen LogP contribution in [0.3, 0.4) is 0 Å². The average molecular weight is 524 g/mol. The molecule has 4 rings (SSSR count). The second-order valence-electron chi connectivity index (χ2n) is 8.10. The summed E-state index contributed by atoms with van der Waals surface area (Å²) in [4.78, 5) is 18.3. The Hall–Kier alpha value is -3.14. The number of carbonyl (C=O) groups is 1. The van der Waals surface area contributed by atoms with E-state index in [0.29, 0.717) is 10.8 Å². The van der Waals surface area contributed by atoms with Gasteiger partial charge in [0.25, 0.3) is 10.0 Å². The molecule has 0 aliphatic carbocycles. The first kappa shape index (κ1) is 25.0. The Kier molecular flexibility index (Phi) is 7.59. The summed E-state index contributed by atoms with van der Waals surface area (Å²) in [5.41, 5.74) is 4.46. The first-order chi connectivity index (χ1) is 16.7. The Bertz CT molecular complexity index is 1410. The third-order valence-corrected chi connectivity index (χ3v) is 8.47. The highest BCUT2D eigenvalue weighted by Crippen LogP contribution is 2.28. The molecule has 0 aliphatic rings. The number of benzene rings is 3. The van der Waals surface area contributed by atoms with E-state index in [1.807, 2.05) is 50.4 Å². The lowest BCUT2D eigenvalue weighted by Gasteiger charge is -2.12. The van der Waals surface area contributed by atoms with Crippen molar-refractivity contribution < 1.29 is 13.2 Å². The number of hydrogen-bond acceptors (Lipinski definition) is 6. The van der Waals surface area contributed by atoms with Gasteiger partial charge >= 0.3 is 0 Å². The highest BCUT2D eigenvalue weighted by Gasteiger charge is 2.17. The van der Waals surface area contributed by atoms with Crippen molar-refractivity contribution >= 4 is 49.8 Å². The molecule has 35 heavy (non-hydrogen) atoms. The Balaban J connectivity index is 1.34. The average Bonchev–Trinajstić information content (AvgIpc) is 3.29. The molecule has 1 amide bonds. The molecule has 0 aliphatic heterocycles. The van der Waals surface area contributed by atoms with Crippen LogP contribution in [0.5, 0.6) is 0 Å². The van der Waals surface area contributed by atoms with Gasteiger partial charge in [0.2, 0.25) is 5.91 Å². The van der Waals surface area contributed by atoms with Gasteiger partial charge in [-0.25, -0.2) is 13.4 Å². The number of rotatable bonds is 8. The molecule has 1 heterocycles. The van der Waals surface area contributed by atoms with Crippen molar-refractivity contribution in [3.05, 3.63) is 89.3 Å². The second kappa shape index (κ2) is 10.6. The molecule has 4 aromatic rings. The Morgan fingerprint density at radius 2 is 1.51 bits per heavy atom. The lowest BCUT2D eigenvalue weighted by Crippen LogP contribution is -2.22. The van der Waals surface area contributed by atoms with Crippen LogP contribution >= 0.6 is 23.1 Å². The highest BCUT2D eigenvalue weighted by molar-refractivity contribution is 8.00. The van der Waals surface area contributed by atoms with Crippen molar-refractivity contribution in [3.8, 4) is 11.3 Å². The van der Waals surface area contributed by atoms with E-state index in [0.717, 1.165) is 21.7 Å².